The summed E-state index contributed by atoms with van der Waals surface area (Å²) in [5.74, 6) is -0.762. The molecule has 0 saturated heterocycles. The lowest BCUT2D eigenvalue weighted by molar-refractivity contribution is -0.143. The minimum Gasteiger partial charge on any atom is -0.480 e. The van der Waals surface area contributed by atoms with Gasteiger partial charge in [-0.15, -0.1) is 0 Å². The molecule has 90 valence electrons. The first-order valence-electron chi connectivity index (χ1n) is 5.90. The maximum Gasteiger partial charge on any atom is 0.325 e. The van der Waals surface area contributed by atoms with Gasteiger partial charge in [0.25, 0.3) is 0 Å². The monoisotopic (exact) mass is 231 g/mol. The lowest BCUT2D eigenvalue weighted by atomic mass is 9.92. The summed E-state index contributed by atoms with van der Waals surface area (Å²) >= 11 is 0. The standard InChI is InChI=1S/C14H17NO2/c1-2-3-9-15-10-8-11-6-4-5-7-12(11)13(15)14(16)17/h2-7,13H,8-10H2,1H3,(H,16,17). The van der Waals surface area contributed by atoms with Crippen LogP contribution in [0.3, 0.4) is 0 Å². The number of carbonyl (C=O) groups is 1. The molecule has 0 spiro atoms. The van der Waals surface area contributed by atoms with Crippen LogP contribution in [0, 0.1) is 0 Å². The van der Waals surface area contributed by atoms with Crippen LogP contribution in [0.1, 0.15) is 24.1 Å². The molecule has 0 radical (unpaired) electrons. The SMILES string of the molecule is CC=CCN1CCc2ccccc2C1C(=O)O. The molecule has 2 rings (SSSR count). The second kappa shape index (κ2) is 5.15. The van der Waals surface area contributed by atoms with Crippen molar-refractivity contribution in [3.8, 4) is 0 Å². The van der Waals surface area contributed by atoms with Gasteiger partial charge in [0, 0.05) is 13.1 Å². The molecule has 1 atom stereocenters. The van der Waals surface area contributed by atoms with E-state index >= 15 is 0 Å². The number of rotatable bonds is 3. The smallest absolute Gasteiger partial charge is 0.325 e. The number of carboxylic acid groups (broad SMARTS) is 1. The van der Waals surface area contributed by atoms with E-state index in [-0.39, 0.29) is 0 Å². The van der Waals surface area contributed by atoms with Crippen molar-refractivity contribution in [2.75, 3.05) is 13.1 Å². The van der Waals surface area contributed by atoms with Crippen LogP contribution in [0.15, 0.2) is 36.4 Å². The summed E-state index contributed by atoms with van der Waals surface area (Å²) in [5.41, 5.74) is 2.10. The van der Waals surface area contributed by atoms with E-state index in [0.29, 0.717) is 6.54 Å². The largest absolute Gasteiger partial charge is 0.480 e. The molecule has 0 saturated carbocycles. The van der Waals surface area contributed by atoms with Gasteiger partial charge >= 0.3 is 5.97 Å². The van der Waals surface area contributed by atoms with Crippen molar-refractivity contribution in [2.24, 2.45) is 0 Å². The summed E-state index contributed by atoms with van der Waals surface area (Å²) in [4.78, 5) is 13.4. The fourth-order valence-corrected chi connectivity index (χ4v) is 2.35. The van der Waals surface area contributed by atoms with E-state index in [1.54, 1.807) is 0 Å². The molecule has 1 aliphatic heterocycles. The second-order valence-corrected chi connectivity index (χ2v) is 4.25. The molecular formula is C14H17NO2. The maximum atomic E-state index is 11.4. The quantitative estimate of drug-likeness (QED) is 0.811. The molecular weight excluding hydrogens is 214 g/mol. The average molecular weight is 231 g/mol. The number of carboxylic acids is 1. The Morgan fingerprint density at radius 3 is 3.00 bits per heavy atom. The average Bonchev–Trinajstić information content (AvgIpc) is 2.35. The molecule has 3 nitrogen and oxygen atoms in total. The molecule has 0 aliphatic carbocycles. The fraction of sp³-hybridized carbons (Fsp3) is 0.357. The Morgan fingerprint density at radius 2 is 2.29 bits per heavy atom. The Hall–Kier alpha value is -1.61. The van der Waals surface area contributed by atoms with Gasteiger partial charge in [0.2, 0.25) is 0 Å². The van der Waals surface area contributed by atoms with Crippen LogP contribution in [-0.4, -0.2) is 29.1 Å². The zero-order valence-electron chi connectivity index (χ0n) is 9.97. The molecule has 1 N–H and O–H groups in total. The molecule has 0 amide bonds. The predicted molar refractivity (Wildman–Crippen MR) is 66.9 cm³/mol. The van der Waals surface area contributed by atoms with Crippen LogP contribution in [0.5, 0.6) is 0 Å². The first-order valence-corrected chi connectivity index (χ1v) is 5.90. The van der Waals surface area contributed by atoms with E-state index in [1.165, 1.54) is 0 Å². The third kappa shape index (κ3) is 2.39. The highest BCUT2D eigenvalue weighted by molar-refractivity contribution is 5.76. The van der Waals surface area contributed by atoms with Gasteiger partial charge in [0.1, 0.15) is 6.04 Å². The van der Waals surface area contributed by atoms with Crippen molar-refractivity contribution >= 4 is 5.97 Å². The van der Waals surface area contributed by atoms with Crippen LogP contribution in [-0.2, 0) is 11.2 Å². The molecule has 1 aromatic rings. The Bertz CT molecular complexity index is 440. The summed E-state index contributed by atoms with van der Waals surface area (Å²) in [7, 11) is 0. The van der Waals surface area contributed by atoms with Crippen LogP contribution in [0.4, 0.5) is 0 Å². The van der Waals surface area contributed by atoms with Gasteiger partial charge in [-0.1, -0.05) is 36.4 Å². The zero-order valence-corrected chi connectivity index (χ0v) is 9.97. The Balaban J connectivity index is 2.32. The third-order valence-corrected chi connectivity index (χ3v) is 3.19. The minimum absolute atomic E-state index is 0.504. The van der Waals surface area contributed by atoms with E-state index in [0.717, 1.165) is 24.1 Å². The number of hydrogen-bond acceptors (Lipinski definition) is 2. The van der Waals surface area contributed by atoms with Crippen LogP contribution in [0.25, 0.3) is 0 Å². The number of hydrogen-bond donors (Lipinski definition) is 1. The van der Waals surface area contributed by atoms with Crippen molar-refractivity contribution in [3.63, 3.8) is 0 Å². The Labute approximate surface area is 101 Å². The van der Waals surface area contributed by atoms with E-state index in [9.17, 15) is 9.90 Å². The molecule has 0 fully saturated rings. The Kier molecular flexibility index (Phi) is 3.59. The fourth-order valence-electron chi connectivity index (χ4n) is 2.35. The molecule has 17 heavy (non-hydrogen) atoms. The highest BCUT2D eigenvalue weighted by atomic mass is 16.4. The lowest BCUT2D eigenvalue weighted by Gasteiger charge is -2.33. The first-order chi connectivity index (χ1) is 8.24. The number of nitrogens with zero attached hydrogens (tertiary/aromatic N) is 1. The van der Waals surface area contributed by atoms with Gasteiger partial charge in [-0.25, -0.2) is 0 Å². The number of allylic oxidation sites excluding steroid dienone is 1. The van der Waals surface area contributed by atoms with E-state index in [1.807, 2.05) is 48.2 Å². The van der Waals surface area contributed by atoms with Crippen molar-refractivity contribution < 1.29 is 9.90 Å². The van der Waals surface area contributed by atoms with Crippen LogP contribution in [0.2, 0.25) is 0 Å². The van der Waals surface area contributed by atoms with Crippen molar-refractivity contribution in [3.05, 3.63) is 47.5 Å². The maximum absolute atomic E-state index is 11.4. The lowest BCUT2D eigenvalue weighted by Crippen LogP contribution is -2.39. The van der Waals surface area contributed by atoms with Gasteiger partial charge in [0.15, 0.2) is 0 Å². The molecule has 1 unspecified atom stereocenters. The van der Waals surface area contributed by atoms with Crippen LogP contribution >= 0.6 is 0 Å². The molecule has 3 heteroatoms. The highest BCUT2D eigenvalue weighted by Gasteiger charge is 2.31. The number of aliphatic carboxylic acids is 1. The topological polar surface area (TPSA) is 40.5 Å². The van der Waals surface area contributed by atoms with Crippen LogP contribution < -0.4 is 0 Å². The van der Waals surface area contributed by atoms with E-state index < -0.39 is 12.0 Å². The summed E-state index contributed by atoms with van der Waals surface area (Å²) < 4.78 is 0. The number of fused-ring (bicyclic) bond motifs is 1. The predicted octanol–water partition coefficient (Wildman–Crippen LogP) is 2.25. The highest BCUT2D eigenvalue weighted by Crippen LogP contribution is 2.29. The van der Waals surface area contributed by atoms with Crippen molar-refractivity contribution in [2.45, 2.75) is 19.4 Å². The summed E-state index contributed by atoms with van der Waals surface area (Å²) in [6, 6.07) is 7.33. The minimum atomic E-state index is -0.762. The van der Waals surface area contributed by atoms with Gasteiger partial charge in [-0.3, -0.25) is 9.69 Å². The first kappa shape index (κ1) is 11.9. The van der Waals surface area contributed by atoms with Gasteiger partial charge < -0.3 is 5.11 Å². The van der Waals surface area contributed by atoms with Gasteiger partial charge in [-0.2, -0.15) is 0 Å². The molecule has 1 heterocycles. The number of benzene rings is 1. The molecule has 0 bridgehead atoms. The summed E-state index contributed by atoms with van der Waals surface area (Å²) in [5, 5.41) is 9.39. The Morgan fingerprint density at radius 1 is 1.53 bits per heavy atom. The normalized spacial score (nSPS) is 20.4. The van der Waals surface area contributed by atoms with E-state index in [4.69, 9.17) is 0 Å². The van der Waals surface area contributed by atoms with Crippen molar-refractivity contribution in [1.82, 2.24) is 4.90 Å². The third-order valence-electron chi connectivity index (χ3n) is 3.19. The van der Waals surface area contributed by atoms with Crippen molar-refractivity contribution in [1.29, 1.82) is 0 Å². The molecule has 1 aromatic carbocycles. The van der Waals surface area contributed by atoms with Gasteiger partial charge in [-0.05, 0) is 24.5 Å². The molecule has 0 aromatic heterocycles. The van der Waals surface area contributed by atoms with Gasteiger partial charge in [0.05, 0.1) is 0 Å². The summed E-state index contributed by atoms with van der Waals surface area (Å²) in [6.07, 6.45) is 4.89. The van der Waals surface area contributed by atoms with E-state index in [2.05, 4.69) is 0 Å². The summed E-state index contributed by atoms with van der Waals surface area (Å²) in [6.45, 7) is 3.45. The molecule has 1 aliphatic rings. The second-order valence-electron chi connectivity index (χ2n) is 4.25. The zero-order chi connectivity index (χ0) is 12.3.